The van der Waals surface area contributed by atoms with Gasteiger partial charge in [0.25, 0.3) is 11.8 Å². The SMILES string of the molecule is CCn1nc(C)cc1C(=O)Nc1nc2cc(C(N)=O)cc(O)c2n1C/C=C/Cn1c(NC(=O)c2cc(C)nn2CC)nc2cc(C(N)=O)cc(OCCCN3CCOCC3)c21. The minimum Gasteiger partial charge on any atom is -0.506 e. The molecule has 20 heteroatoms. The number of phenolic OH excluding ortho intramolecular Hbond substituents is 1. The molecule has 0 unspecified atom stereocenters. The van der Waals surface area contributed by atoms with Gasteiger partial charge in [-0.3, -0.25) is 44.1 Å². The van der Waals surface area contributed by atoms with Gasteiger partial charge in [0.2, 0.25) is 23.7 Å². The average Bonchev–Trinajstić information content (AvgIpc) is 4.00. The lowest BCUT2D eigenvalue weighted by Gasteiger charge is -2.26. The van der Waals surface area contributed by atoms with Crippen LogP contribution in [0.1, 0.15) is 73.3 Å². The zero-order valence-electron chi connectivity index (χ0n) is 34.5. The highest BCUT2D eigenvalue weighted by molar-refractivity contribution is 6.05. The van der Waals surface area contributed by atoms with Gasteiger partial charge in [0.05, 0.1) is 42.2 Å². The highest BCUT2D eigenvalue weighted by Gasteiger charge is 2.24. The van der Waals surface area contributed by atoms with Gasteiger partial charge in [0.1, 0.15) is 33.9 Å². The molecule has 7 N–H and O–H groups in total. The van der Waals surface area contributed by atoms with Crippen molar-refractivity contribution in [1.82, 2.24) is 43.6 Å². The molecule has 0 radical (unpaired) electrons. The Kier molecular flexibility index (Phi) is 12.5. The van der Waals surface area contributed by atoms with Gasteiger partial charge in [-0.1, -0.05) is 12.2 Å². The molecular formula is C41H49N13O7. The predicted octanol–water partition coefficient (Wildman–Crippen LogP) is 3.20. The molecule has 4 aromatic heterocycles. The van der Waals surface area contributed by atoms with Crippen molar-refractivity contribution < 1.29 is 33.8 Å². The number of nitrogens with one attached hydrogen (secondary N) is 2. The van der Waals surface area contributed by atoms with Crippen LogP contribution in [0, 0.1) is 13.8 Å². The summed E-state index contributed by atoms with van der Waals surface area (Å²) >= 11 is 0. The second-order valence-electron chi connectivity index (χ2n) is 14.5. The van der Waals surface area contributed by atoms with Gasteiger partial charge >= 0.3 is 0 Å². The largest absolute Gasteiger partial charge is 0.506 e. The molecule has 61 heavy (non-hydrogen) atoms. The Bertz CT molecular complexity index is 2660. The summed E-state index contributed by atoms with van der Waals surface area (Å²) in [6.45, 7) is 12.6. The van der Waals surface area contributed by atoms with Crippen molar-refractivity contribution in [2.45, 2.75) is 60.3 Å². The van der Waals surface area contributed by atoms with Gasteiger partial charge in [0, 0.05) is 56.9 Å². The minimum atomic E-state index is -0.757. The number of benzene rings is 2. The molecule has 0 saturated carbocycles. The quantitative estimate of drug-likeness (QED) is 0.0656. The van der Waals surface area contributed by atoms with E-state index in [-0.39, 0.29) is 52.9 Å². The number of aromatic nitrogens is 8. The van der Waals surface area contributed by atoms with Gasteiger partial charge in [0.15, 0.2) is 0 Å². The molecule has 0 bridgehead atoms. The van der Waals surface area contributed by atoms with Gasteiger partial charge in [-0.25, -0.2) is 9.97 Å². The number of imidazole rings is 2. The molecule has 2 aromatic carbocycles. The van der Waals surface area contributed by atoms with Crippen LogP contribution in [-0.4, -0.2) is 112 Å². The van der Waals surface area contributed by atoms with Gasteiger partial charge in [-0.15, -0.1) is 0 Å². The first-order chi connectivity index (χ1) is 29.3. The summed E-state index contributed by atoms with van der Waals surface area (Å²) in [7, 11) is 0. The molecule has 0 aliphatic carbocycles. The van der Waals surface area contributed by atoms with E-state index in [4.69, 9.17) is 25.9 Å². The van der Waals surface area contributed by atoms with E-state index < -0.39 is 23.6 Å². The summed E-state index contributed by atoms with van der Waals surface area (Å²) in [5.74, 6) is -1.99. The number of phenols is 1. The molecule has 0 spiro atoms. The fourth-order valence-electron chi connectivity index (χ4n) is 7.34. The number of aromatic hydroxyl groups is 1. The van der Waals surface area contributed by atoms with Gasteiger partial charge < -0.3 is 35.2 Å². The summed E-state index contributed by atoms with van der Waals surface area (Å²) in [5.41, 5.74) is 14.9. The number of primary amides is 2. The van der Waals surface area contributed by atoms with Crippen molar-refractivity contribution in [2.75, 3.05) is 50.1 Å². The Morgan fingerprint density at radius 3 is 1.80 bits per heavy atom. The Hall–Kier alpha value is -7.06. The smallest absolute Gasteiger partial charge is 0.276 e. The number of nitrogens with two attached hydrogens (primary N) is 2. The van der Waals surface area contributed by atoms with Gasteiger partial charge in [-0.2, -0.15) is 10.2 Å². The van der Waals surface area contributed by atoms with Crippen LogP contribution in [0.2, 0.25) is 0 Å². The fraction of sp³-hybridized carbons (Fsp3) is 0.366. The number of carbonyl (C=O) groups is 4. The Morgan fingerprint density at radius 1 is 0.770 bits per heavy atom. The fourth-order valence-corrected chi connectivity index (χ4v) is 7.34. The van der Waals surface area contributed by atoms with E-state index in [1.54, 1.807) is 62.7 Å². The van der Waals surface area contributed by atoms with E-state index >= 15 is 0 Å². The second-order valence-corrected chi connectivity index (χ2v) is 14.5. The number of aryl methyl sites for hydroxylation is 4. The van der Waals surface area contributed by atoms with Crippen LogP contribution in [-0.2, 0) is 30.9 Å². The first kappa shape index (κ1) is 42.1. The summed E-state index contributed by atoms with van der Waals surface area (Å²) in [6, 6.07) is 9.15. The van der Waals surface area contributed by atoms with E-state index in [1.807, 2.05) is 19.9 Å². The van der Waals surface area contributed by atoms with Crippen LogP contribution >= 0.6 is 0 Å². The molecule has 1 aliphatic rings. The average molecular weight is 836 g/mol. The molecule has 7 rings (SSSR count). The number of hydrogen-bond acceptors (Lipinski definition) is 12. The van der Waals surface area contributed by atoms with Crippen LogP contribution in [0.15, 0.2) is 48.6 Å². The molecule has 20 nitrogen and oxygen atoms in total. The van der Waals surface area contributed by atoms with Crippen LogP contribution in [0.25, 0.3) is 22.1 Å². The lowest BCUT2D eigenvalue weighted by molar-refractivity contribution is 0.0358. The van der Waals surface area contributed by atoms with Crippen LogP contribution in [0.3, 0.4) is 0 Å². The maximum absolute atomic E-state index is 13.8. The Balaban J connectivity index is 1.24. The monoisotopic (exact) mass is 835 g/mol. The number of ether oxygens (including phenoxy) is 2. The van der Waals surface area contributed by atoms with E-state index in [1.165, 1.54) is 12.1 Å². The normalized spacial score (nSPS) is 13.4. The summed E-state index contributed by atoms with van der Waals surface area (Å²) in [5, 5.41) is 25.7. The summed E-state index contributed by atoms with van der Waals surface area (Å²) < 4.78 is 18.3. The molecular weight excluding hydrogens is 787 g/mol. The molecule has 0 atom stereocenters. The minimum absolute atomic E-state index is 0.0417. The number of amides is 4. The maximum Gasteiger partial charge on any atom is 0.276 e. The third-order valence-corrected chi connectivity index (χ3v) is 10.2. The second kappa shape index (κ2) is 18.1. The number of hydrogen-bond donors (Lipinski definition) is 5. The Labute approximate surface area is 350 Å². The highest BCUT2D eigenvalue weighted by Crippen LogP contribution is 2.33. The Morgan fingerprint density at radius 2 is 1.28 bits per heavy atom. The van der Waals surface area contributed by atoms with Crippen molar-refractivity contribution in [3.8, 4) is 11.5 Å². The number of fused-ring (bicyclic) bond motifs is 2. The lowest BCUT2D eigenvalue weighted by atomic mass is 10.1. The van der Waals surface area contributed by atoms with E-state index in [9.17, 15) is 24.3 Å². The zero-order valence-corrected chi connectivity index (χ0v) is 34.5. The van der Waals surface area contributed by atoms with Gasteiger partial charge in [-0.05, 0) is 70.5 Å². The van der Waals surface area contributed by atoms with E-state index in [0.29, 0.717) is 78.9 Å². The molecule has 1 aliphatic heterocycles. The van der Waals surface area contributed by atoms with Crippen LogP contribution in [0.4, 0.5) is 11.9 Å². The van der Waals surface area contributed by atoms with E-state index in [2.05, 4.69) is 30.7 Å². The predicted molar refractivity (Wildman–Crippen MR) is 226 cm³/mol. The molecule has 5 heterocycles. The third-order valence-electron chi connectivity index (χ3n) is 10.2. The number of anilines is 2. The number of nitrogens with zero attached hydrogens (tertiary/aromatic N) is 9. The molecule has 4 amide bonds. The number of morpholine rings is 1. The molecule has 1 saturated heterocycles. The number of carbonyl (C=O) groups excluding carboxylic acids is 4. The number of allylic oxidation sites excluding steroid dienone is 2. The third kappa shape index (κ3) is 9.09. The molecule has 320 valence electrons. The van der Waals surface area contributed by atoms with Crippen LogP contribution < -0.4 is 26.8 Å². The lowest BCUT2D eigenvalue weighted by Crippen LogP contribution is -2.37. The zero-order chi connectivity index (χ0) is 43.4. The highest BCUT2D eigenvalue weighted by atomic mass is 16.5. The van der Waals surface area contributed by atoms with Crippen LogP contribution in [0.5, 0.6) is 11.5 Å². The number of rotatable bonds is 17. The van der Waals surface area contributed by atoms with Crippen molar-refractivity contribution in [3.63, 3.8) is 0 Å². The molecule has 1 fully saturated rings. The summed E-state index contributed by atoms with van der Waals surface area (Å²) in [6.07, 6.45) is 4.29. The van der Waals surface area contributed by atoms with Crippen molar-refractivity contribution >= 4 is 57.6 Å². The van der Waals surface area contributed by atoms with E-state index in [0.717, 1.165) is 19.6 Å². The van der Waals surface area contributed by atoms with Crippen molar-refractivity contribution in [1.29, 1.82) is 0 Å². The topological polar surface area (TPSA) is 258 Å². The first-order valence-corrected chi connectivity index (χ1v) is 20.0. The molecule has 6 aromatic rings. The maximum atomic E-state index is 13.8. The first-order valence-electron chi connectivity index (χ1n) is 20.0. The van der Waals surface area contributed by atoms with Crippen molar-refractivity contribution in [3.05, 3.63) is 82.5 Å². The summed E-state index contributed by atoms with van der Waals surface area (Å²) in [4.78, 5) is 63.5. The van der Waals surface area contributed by atoms with Crippen molar-refractivity contribution in [2.24, 2.45) is 11.5 Å². The standard InChI is InChI=1S/C41H49N13O7/c1-5-53-30(18-24(3)48-53)38(58)46-40-44-28-20-26(36(42)56)22-32(55)34(28)51(40)11-7-8-12-52-35-29(45-41(52)47-39(59)31-19-25(4)49-54(31)6-2)21-27(37(43)57)23-33(35)61-15-9-10-50-13-16-60-17-14-50/h7-8,18-23,55H,5-6,9-17H2,1-4H3,(H2,42,56)(H2,43,57)(H,44,46,58)(H,45,47,59)/b8-7+.